The van der Waals surface area contributed by atoms with Crippen LogP contribution in [-0.4, -0.2) is 83.5 Å². The van der Waals surface area contributed by atoms with E-state index in [1.54, 1.807) is 0 Å². The summed E-state index contributed by atoms with van der Waals surface area (Å²) in [6, 6.07) is 0. The fraction of sp³-hybridized carbons (Fsp3) is 1.00. The number of hydrogen-bond acceptors (Lipinski definition) is 10. The highest BCUT2D eigenvalue weighted by atomic mass is 28.5. The lowest BCUT2D eigenvalue weighted by atomic mass is 10.7. The van der Waals surface area contributed by atoms with Gasteiger partial charge in [0.15, 0.2) is 0 Å². The average molecular weight is 280 g/mol. The second-order valence-corrected chi connectivity index (χ2v) is 5.42. The molecule has 0 aromatic heterocycles. The van der Waals surface area contributed by atoms with Crippen LogP contribution in [0.5, 0.6) is 0 Å². The van der Waals surface area contributed by atoms with Crippen LogP contribution in [0.25, 0.3) is 0 Å². The van der Waals surface area contributed by atoms with Crippen molar-refractivity contribution in [2.75, 3.05) is 26.4 Å². The zero-order chi connectivity index (χ0) is 13.2. The summed E-state index contributed by atoms with van der Waals surface area (Å²) >= 11 is 0. The third-order valence-electron chi connectivity index (χ3n) is 0.745. The van der Waals surface area contributed by atoms with Crippen LogP contribution in [0.15, 0.2) is 0 Å². The van der Waals surface area contributed by atoms with Crippen LogP contribution in [0.3, 0.4) is 0 Å². The van der Waals surface area contributed by atoms with Crippen molar-refractivity contribution in [2.45, 2.75) is 0 Å². The third-order valence-corrected chi connectivity index (χ3v) is 2.94. The van der Waals surface area contributed by atoms with Gasteiger partial charge < -0.3 is 47.8 Å². The van der Waals surface area contributed by atoms with Gasteiger partial charge in [-0.3, -0.25) is 0 Å². The Morgan fingerprint density at radius 1 is 0.688 bits per heavy atom. The normalized spacial score (nSPS) is 12.0. The molecule has 0 bridgehead atoms. The third kappa shape index (κ3) is 23.7. The van der Waals surface area contributed by atoms with Gasteiger partial charge in [-0.2, -0.15) is 0 Å². The summed E-state index contributed by atoms with van der Waals surface area (Å²) in [4.78, 5) is 47.6. The summed E-state index contributed by atoms with van der Waals surface area (Å²) in [7, 11) is -9.96. The van der Waals surface area contributed by atoms with Crippen LogP contribution in [0.1, 0.15) is 0 Å². The van der Waals surface area contributed by atoms with Gasteiger partial charge in [0.25, 0.3) is 0 Å². The van der Waals surface area contributed by atoms with E-state index in [9.17, 15) is 0 Å². The largest absolute Gasteiger partial charge is 0.665 e. The molecule has 0 saturated carbocycles. The van der Waals surface area contributed by atoms with Crippen LogP contribution < -0.4 is 0 Å². The molecular weight excluding hydrogens is 264 g/mol. The Balaban J connectivity index is 0. The highest BCUT2D eigenvalue weighted by molar-refractivity contribution is 6.63. The van der Waals surface area contributed by atoms with E-state index in [1.165, 1.54) is 0 Å². The van der Waals surface area contributed by atoms with Crippen LogP contribution in [0, 0.1) is 0 Å². The van der Waals surface area contributed by atoms with Crippen molar-refractivity contribution in [3.63, 3.8) is 0 Å². The van der Waals surface area contributed by atoms with Gasteiger partial charge in [0, 0.05) is 0 Å². The smallest absolute Gasteiger partial charge is 0.394 e. The van der Waals surface area contributed by atoms with Crippen molar-refractivity contribution >= 4 is 18.1 Å². The Morgan fingerprint density at radius 2 is 1.00 bits per heavy atom. The van der Waals surface area contributed by atoms with Crippen LogP contribution in [0.4, 0.5) is 0 Å². The fourth-order valence-electron chi connectivity index (χ4n) is 0.415. The number of aliphatic hydroxyl groups excluding tert-OH is 2. The Labute approximate surface area is 93.2 Å². The van der Waals surface area contributed by atoms with Crippen molar-refractivity contribution in [1.29, 1.82) is 0 Å². The molecule has 0 radical (unpaired) electrons. The molecule has 0 rings (SSSR count). The molecule has 8 N–H and O–H groups in total. The molecule has 0 aromatic carbocycles. The fourth-order valence-corrected chi connectivity index (χ4v) is 1.88. The SMILES string of the molecule is OCCOCCO.O[Si](O)(O)O[Si](O)(O)O. The van der Waals surface area contributed by atoms with E-state index in [1.807, 2.05) is 0 Å². The molecule has 0 aliphatic rings. The Kier molecular flexibility index (Phi) is 10.5. The molecule has 0 unspecified atom stereocenters. The van der Waals surface area contributed by atoms with E-state index >= 15 is 0 Å². The molecule has 10 nitrogen and oxygen atoms in total. The summed E-state index contributed by atoms with van der Waals surface area (Å²) < 4.78 is 7.87. The second kappa shape index (κ2) is 9.10. The van der Waals surface area contributed by atoms with Crippen LogP contribution in [0.2, 0.25) is 0 Å². The van der Waals surface area contributed by atoms with Crippen molar-refractivity contribution in [3.8, 4) is 0 Å². The van der Waals surface area contributed by atoms with E-state index in [-0.39, 0.29) is 13.2 Å². The van der Waals surface area contributed by atoms with E-state index in [0.717, 1.165) is 0 Å². The Hall–Kier alpha value is 0.0338. The lowest BCUT2D eigenvalue weighted by Crippen LogP contribution is -2.53. The van der Waals surface area contributed by atoms with E-state index < -0.39 is 18.1 Å². The maximum absolute atomic E-state index is 8.09. The highest BCUT2D eigenvalue weighted by Crippen LogP contribution is 1.95. The number of hydrogen-bond donors (Lipinski definition) is 8. The zero-order valence-corrected chi connectivity index (χ0v) is 10.2. The van der Waals surface area contributed by atoms with Gasteiger partial charge in [-0.25, -0.2) is 0 Å². The topological polar surface area (TPSA) is 180 Å². The van der Waals surface area contributed by atoms with Crippen molar-refractivity contribution in [1.82, 2.24) is 0 Å². The van der Waals surface area contributed by atoms with Gasteiger partial charge in [-0.15, -0.1) is 0 Å². The van der Waals surface area contributed by atoms with Gasteiger partial charge in [0.05, 0.1) is 26.4 Å². The monoisotopic (exact) mass is 280 g/mol. The summed E-state index contributed by atoms with van der Waals surface area (Å²) in [6.45, 7) is 0.696. The van der Waals surface area contributed by atoms with Gasteiger partial charge in [0.1, 0.15) is 0 Å². The quantitative estimate of drug-likeness (QED) is 0.173. The molecule has 0 heterocycles. The molecule has 0 spiro atoms. The molecule has 0 aliphatic heterocycles. The molecule has 100 valence electrons. The first kappa shape index (κ1) is 18.4. The number of ether oxygens (including phenoxy) is 1. The summed E-state index contributed by atoms with van der Waals surface area (Å²) in [5, 5.41) is 16.2. The minimum atomic E-state index is -4.98. The molecule has 0 aliphatic carbocycles. The lowest BCUT2D eigenvalue weighted by molar-refractivity contribution is 0.0406. The molecular formula is C4H16O10Si2. The van der Waals surface area contributed by atoms with Crippen LogP contribution >= 0.6 is 0 Å². The minimum absolute atomic E-state index is 0.0278. The summed E-state index contributed by atoms with van der Waals surface area (Å²) in [5.74, 6) is 0. The molecule has 0 atom stereocenters. The van der Waals surface area contributed by atoms with E-state index in [2.05, 4.69) is 8.85 Å². The van der Waals surface area contributed by atoms with E-state index in [4.69, 9.17) is 39.0 Å². The van der Waals surface area contributed by atoms with Crippen LogP contribution in [-0.2, 0) is 8.85 Å². The van der Waals surface area contributed by atoms with Gasteiger partial charge in [-0.05, 0) is 0 Å². The first-order chi connectivity index (χ1) is 7.12. The summed E-state index contributed by atoms with van der Waals surface area (Å²) in [6.07, 6.45) is 0. The lowest BCUT2D eigenvalue weighted by Gasteiger charge is -2.13. The second-order valence-electron chi connectivity index (χ2n) is 2.31. The molecule has 16 heavy (non-hydrogen) atoms. The number of aliphatic hydroxyl groups is 2. The predicted octanol–water partition coefficient (Wildman–Crippen LogP) is -5.18. The average Bonchev–Trinajstić information content (AvgIpc) is 1.99. The molecule has 12 heteroatoms. The van der Waals surface area contributed by atoms with Gasteiger partial charge >= 0.3 is 18.1 Å². The van der Waals surface area contributed by atoms with Crippen molar-refractivity contribution < 1.29 is 47.8 Å². The highest BCUT2D eigenvalue weighted by Gasteiger charge is 2.45. The number of rotatable bonds is 6. The maximum Gasteiger partial charge on any atom is 0.665 e. The first-order valence-electron chi connectivity index (χ1n) is 3.96. The molecule has 0 aromatic rings. The standard InChI is InChI=1S/C4H10O3.H6O7Si2/c5-1-3-7-4-2-6;1-8(2,3)7-9(4,5)6/h5-6H,1-4H2;1-6H. The first-order valence-corrected chi connectivity index (χ1v) is 7.46. The van der Waals surface area contributed by atoms with Crippen molar-refractivity contribution in [2.24, 2.45) is 0 Å². The molecule has 0 saturated heterocycles. The Bertz CT molecular complexity index is 136. The van der Waals surface area contributed by atoms with Gasteiger partial charge in [-0.1, -0.05) is 0 Å². The Morgan fingerprint density at radius 3 is 1.12 bits per heavy atom. The molecule has 0 fully saturated rings. The zero-order valence-electron chi connectivity index (χ0n) is 8.22. The summed E-state index contributed by atoms with van der Waals surface area (Å²) in [5.41, 5.74) is 0. The van der Waals surface area contributed by atoms with Crippen molar-refractivity contribution in [3.05, 3.63) is 0 Å². The van der Waals surface area contributed by atoms with E-state index in [0.29, 0.717) is 13.2 Å². The van der Waals surface area contributed by atoms with Gasteiger partial charge in [0.2, 0.25) is 0 Å². The predicted molar refractivity (Wildman–Crippen MR) is 50.9 cm³/mol. The minimum Gasteiger partial charge on any atom is -0.394 e. The maximum atomic E-state index is 8.09. The molecule has 0 amide bonds.